The van der Waals surface area contributed by atoms with E-state index in [1.807, 2.05) is 13.8 Å². The van der Waals surface area contributed by atoms with Gasteiger partial charge >= 0.3 is 0 Å². The van der Waals surface area contributed by atoms with Crippen molar-refractivity contribution in [1.29, 1.82) is 0 Å². The van der Waals surface area contributed by atoms with E-state index in [0.29, 0.717) is 24.8 Å². The van der Waals surface area contributed by atoms with E-state index in [1.54, 1.807) is 0 Å². The molecular formula is C20H24O5. The van der Waals surface area contributed by atoms with Crippen LogP contribution >= 0.6 is 0 Å². The normalized spacial score (nSPS) is 53.0. The Balaban J connectivity index is 1.78. The van der Waals surface area contributed by atoms with Crippen molar-refractivity contribution in [2.75, 3.05) is 6.61 Å². The molecule has 2 saturated heterocycles. The minimum Gasteiger partial charge on any atom is -0.385 e. The first-order valence-corrected chi connectivity index (χ1v) is 9.30. The van der Waals surface area contributed by atoms with Gasteiger partial charge in [0.05, 0.1) is 23.5 Å². The third kappa shape index (κ3) is 1.42. The summed E-state index contributed by atoms with van der Waals surface area (Å²) in [6, 6.07) is 0. The van der Waals surface area contributed by atoms with Crippen molar-refractivity contribution in [1.82, 2.24) is 0 Å². The Bertz CT molecular complexity index is 751. The fourth-order valence-electron chi connectivity index (χ4n) is 7.31. The third-order valence-electron chi connectivity index (χ3n) is 8.40. The van der Waals surface area contributed by atoms with Gasteiger partial charge in [-0.2, -0.15) is 0 Å². The average molecular weight is 344 g/mol. The van der Waals surface area contributed by atoms with Gasteiger partial charge < -0.3 is 9.84 Å². The predicted molar refractivity (Wildman–Crippen MR) is 87.5 cm³/mol. The molecule has 0 amide bonds. The molecule has 2 heterocycles. The predicted octanol–water partition coefficient (Wildman–Crippen LogP) is 1.47. The molecule has 0 aromatic rings. The molecule has 0 aromatic heterocycles. The number of rotatable bonds is 0. The highest BCUT2D eigenvalue weighted by Crippen LogP contribution is 2.71. The van der Waals surface area contributed by atoms with Crippen LogP contribution in [0.15, 0.2) is 12.2 Å². The van der Waals surface area contributed by atoms with E-state index in [9.17, 15) is 19.5 Å². The fraction of sp³-hybridized carbons (Fsp3) is 0.750. The summed E-state index contributed by atoms with van der Waals surface area (Å²) < 4.78 is 6.04. The first-order chi connectivity index (χ1) is 11.7. The molecule has 1 N–H and O–H groups in total. The van der Waals surface area contributed by atoms with Crippen molar-refractivity contribution in [2.45, 2.75) is 51.7 Å². The topological polar surface area (TPSA) is 80.7 Å². The van der Waals surface area contributed by atoms with Gasteiger partial charge in [0.15, 0.2) is 11.6 Å². The van der Waals surface area contributed by atoms with Crippen LogP contribution in [0.25, 0.3) is 0 Å². The number of carbonyl (C=O) groups excluding carboxylic acids is 3. The van der Waals surface area contributed by atoms with Gasteiger partial charge in [-0.05, 0) is 42.1 Å². The number of ketones is 3. The number of Topliss-reactive ketones (excluding diaryl/α,β-unsaturated/α-hetero) is 3. The summed E-state index contributed by atoms with van der Waals surface area (Å²) >= 11 is 0. The number of hydrogen-bond acceptors (Lipinski definition) is 5. The zero-order valence-electron chi connectivity index (χ0n) is 14.7. The van der Waals surface area contributed by atoms with Gasteiger partial charge in [0.2, 0.25) is 0 Å². The maximum absolute atomic E-state index is 13.4. The van der Waals surface area contributed by atoms with Crippen LogP contribution in [-0.4, -0.2) is 41.3 Å². The summed E-state index contributed by atoms with van der Waals surface area (Å²) in [6.45, 7) is 8.13. The minimum atomic E-state index is -1.28. The van der Waals surface area contributed by atoms with Crippen molar-refractivity contribution < 1.29 is 24.2 Å². The number of aliphatic hydroxyl groups excluding tert-OH is 1. The molecule has 25 heavy (non-hydrogen) atoms. The van der Waals surface area contributed by atoms with Crippen LogP contribution in [0.2, 0.25) is 0 Å². The zero-order chi connectivity index (χ0) is 17.9. The average Bonchev–Trinajstić information content (AvgIpc) is 2.76. The first-order valence-electron chi connectivity index (χ1n) is 9.30. The van der Waals surface area contributed by atoms with E-state index >= 15 is 0 Å². The van der Waals surface area contributed by atoms with Crippen molar-refractivity contribution in [3.05, 3.63) is 12.2 Å². The van der Waals surface area contributed by atoms with E-state index in [2.05, 4.69) is 6.58 Å². The van der Waals surface area contributed by atoms with Crippen molar-refractivity contribution in [3.8, 4) is 0 Å². The van der Waals surface area contributed by atoms with Crippen molar-refractivity contribution >= 4 is 17.3 Å². The molecule has 7 atom stereocenters. The van der Waals surface area contributed by atoms with E-state index in [-0.39, 0.29) is 41.9 Å². The maximum atomic E-state index is 13.4. The lowest BCUT2D eigenvalue weighted by Crippen LogP contribution is -2.77. The van der Waals surface area contributed by atoms with Crippen LogP contribution in [0, 0.1) is 34.0 Å². The quantitative estimate of drug-likeness (QED) is 0.532. The highest BCUT2D eigenvalue weighted by Gasteiger charge is 2.79. The summed E-state index contributed by atoms with van der Waals surface area (Å²) in [5.41, 5.74) is -2.14. The maximum Gasteiger partial charge on any atom is 0.175 e. The summed E-state index contributed by atoms with van der Waals surface area (Å²) in [6.07, 6.45) is 0.614. The highest BCUT2D eigenvalue weighted by molar-refractivity contribution is 6.19. The molecular weight excluding hydrogens is 320 g/mol. The van der Waals surface area contributed by atoms with E-state index in [4.69, 9.17) is 4.74 Å². The van der Waals surface area contributed by atoms with Crippen LogP contribution < -0.4 is 0 Å². The molecule has 0 unspecified atom stereocenters. The summed E-state index contributed by atoms with van der Waals surface area (Å²) in [7, 11) is 0. The van der Waals surface area contributed by atoms with Crippen molar-refractivity contribution in [3.63, 3.8) is 0 Å². The van der Waals surface area contributed by atoms with Gasteiger partial charge in [-0.25, -0.2) is 0 Å². The number of aliphatic hydroxyl groups is 1. The van der Waals surface area contributed by atoms with Crippen LogP contribution in [0.3, 0.4) is 0 Å². The third-order valence-corrected chi connectivity index (χ3v) is 8.40. The van der Waals surface area contributed by atoms with E-state index in [1.165, 1.54) is 0 Å². The summed E-state index contributed by atoms with van der Waals surface area (Å²) in [5.74, 6) is -1.34. The molecule has 0 aromatic carbocycles. The molecule has 6 aliphatic rings. The number of hydrogen-bond donors (Lipinski definition) is 1. The van der Waals surface area contributed by atoms with Crippen molar-refractivity contribution in [2.24, 2.45) is 34.0 Å². The fourth-order valence-corrected chi connectivity index (χ4v) is 7.31. The van der Waals surface area contributed by atoms with Gasteiger partial charge in [0, 0.05) is 12.3 Å². The SMILES string of the molecule is C=C1C(=O)[C@]23C[C@H]1CC[C@H]2[C@]12CO[C@H](CC1=O)C(C)(C)[C@H]2[C@H](O)C3=O. The number of fused-ring (bicyclic) bond motifs is 3. The molecule has 6 fully saturated rings. The lowest BCUT2D eigenvalue weighted by Gasteiger charge is -2.67. The highest BCUT2D eigenvalue weighted by atomic mass is 16.5. The molecule has 134 valence electrons. The molecule has 5 heteroatoms. The second-order valence-electron chi connectivity index (χ2n) is 9.43. The van der Waals surface area contributed by atoms with E-state index in [0.717, 1.165) is 6.42 Å². The Hall–Kier alpha value is -1.33. The van der Waals surface area contributed by atoms with Gasteiger partial charge in [-0.1, -0.05) is 20.4 Å². The molecule has 2 aliphatic heterocycles. The van der Waals surface area contributed by atoms with Crippen LogP contribution in [0.4, 0.5) is 0 Å². The second-order valence-corrected chi connectivity index (χ2v) is 9.43. The zero-order valence-corrected chi connectivity index (χ0v) is 14.7. The largest absolute Gasteiger partial charge is 0.385 e. The standard InChI is InChI=1S/C20H24O5/c1-9-10-4-5-11-19(7-10,16(9)23)17(24)14(22)15-18(2,3)13-6-12(21)20(11,15)8-25-13/h10-11,13-15,22H,1,4-8H2,2-3H3/t10-,11-,13-,14+,15-,19+,20-/m1/s1. The number of allylic oxidation sites excluding steroid dienone is 1. The first kappa shape index (κ1) is 15.9. The minimum absolute atomic E-state index is 0.0109. The molecule has 5 nitrogen and oxygen atoms in total. The summed E-state index contributed by atoms with van der Waals surface area (Å²) in [4.78, 5) is 39.7. The lowest BCUT2D eigenvalue weighted by molar-refractivity contribution is -0.268. The molecule has 4 aliphatic carbocycles. The molecule has 0 radical (unpaired) electrons. The molecule has 6 rings (SSSR count). The Labute approximate surface area is 146 Å². The second kappa shape index (κ2) is 4.32. The smallest absolute Gasteiger partial charge is 0.175 e. The lowest BCUT2D eigenvalue weighted by atomic mass is 9.37. The molecule has 4 bridgehead atoms. The Morgan fingerprint density at radius 2 is 1.92 bits per heavy atom. The van der Waals surface area contributed by atoms with Gasteiger partial charge in [0.25, 0.3) is 0 Å². The van der Waals surface area contributed by atoms with Gasteiger partial charge in [0.1, 0.15) is 11.9 Å². The van der Waals surface area contributed by atoms with E-state index < -0.39 is 28.3 Å². The molecule has 4 saturated carbocycles. The number of carbonyl (C=O) groups is 3. The Kier molecular flexibility index (Phi) is 2.74. The molecule has 2 spiro atoms. The van der Waals surface area contributed by atoms with Gasteiger partial charge in [-0.15, -0.1) is 0 Å². The number of ether oxygens (including phenoxy) is 1. The monoisotopic (exact) mass is 344 g/mol. The summed E-state index contributed by atoms with van der Waals surface area (Å²) in [5, 5.41) is 11.1. The Morgan fingerprint density at radius 1 is 1.20 bits per heavy atom. The van der Waals surface area contributed by atoms with Crippen LogP contribution in [0.5, 0.6) is 0 Å². The van der Waals surface area contributed by atoms with Crippen LogP contribution in [-0.2, 0) is 19.1 Å². The van der Waals surface area contributed by atoms with Crippen LogP contribution in [0.1, 0.15) is 39.5 Å². The van der Waals surface area contributed by atoms with Gasteiger partial charge in [-0.3, -0.25) is 14.4 Å². The Morgan fingerprint density at radius 3 is 2.60 bits per heavy atom.